The minimum absolute atomic E-state index is 0.144. The number of carbonyl (C=O) groups excluding carboxylic acids is 1. The van der Waals surface area contributed by atoms with Crippen LogP contribution in [-0.2, 0) is 4.79 Å². The Bertz CT molecular complexity index is 248. The largest absolute Gasteiger partial charge is 0.356 e. The lowest BCUT2D eigenvalue weighted by molar-refractivity contribution is -0.121. The van der Waals surface area contributed by atoms with Crippen LogP contribution < -0.4 is 11.1 Å². The van der Waals surface area contributed by atoms with Crippen LogP contribution in [0, 0.1) is 11.8 Å². The molecule has 1 fully saturated rings. The van der Waals surface area contributed by atoms with Gasteiger partial charge in [0.2, 0.25) is 5.91 Å². The maximum atomic E-state index is 11.4. The molecule has 0 aliphatic carbocycles. The molecule has 1 amide bonds. The molecule has 112 valence electrons. The summed E-state index contributed by atoms with van der Waals surface area (Å²) in [4.78, 5) is 14.0. The van der Waals surface area contributed by atoms with E-state index in [1.807, 2.05) is 0 Å². The fourth-order valence-electron chi connectivity index (χ4n) is 3.01. The molecule has 1 aliphatic heterocycles. The summed E-state index contributed by atoms with van der Waals surface area (Å²) >= 11 is 0. The van der Waals surface area contributed by atoms with Crippen LogP contribution in [0.4, 0.5) is 0 Å². The number of nitrogens with zero attached hydrogens (tertiary/aromatic N) is 1. The predicted molar refractivity (Wildman–Crippen MR) is 79.9 cm³/mol. The molecule has 3 N–H and O–H groups in total. The molecule has 4 heteroatoms. The molecular formula is C15H31N3O. The number of likely N-dealkylation sites (tertiary alicyclic amines) is 1. The van der Waals surface area contributed by atoms with Gasteiger partial charge in [0.25, 0.3) is 0 Å². The number of hydrogen-bond donors (Lipinski definition) is 2. The van der Waals surface area contributed by atoms with Crippen LogP contribution in [0.2, 0.25) is 0 Å². The van der Waals surface area contributed by atoms with Crippen molar-refractivity contribution in [3.05, 3.63) is 0 Å². The van der Waals surface area contributed by atoms with Gasteiger partial charge in [0.05, 0.1) is 0 Å². The van der Waals surface area contributed by atoms with E-state index >= 15 is 0 Å². The number of nitrogens with one attached hydrogen (secondary N) is 1. The van der Waals surface area contributed by atoms with Gasteiger partial charge in [-0.2, -0.15) is 0 Å². The lowest BCUT2D eigenvalue weighted by atomic mass is 9.92. The Morgan fingerprint density at radius 1 is 1.21 bits per heavy atom. The second-order valence-electron chi connectivity index (χ2n) is 6.15. The molecule has 0 spiro atoms. The highest BCUT2D eigenvalue weighted by molar-refractivity contribution is 5.75. The van der Waals surface area contributed by atoms with E-state index < -0.39 is 0 Å². The third kappa shape index (κ3) is 7.53. The summed E-state index contributed by atoms with van der Waals surface area (Å²) in [6.07, 6.45) is 4.98. The third-order valence-corrected chi connectivity index (χ3v) is 3.78. The Labute approximate surface area is 118 Å². The van der Waals surface area contributed by atoms with Gasteiger partial charge >= 0.3 is 0 Å². The first-order valence-electron chi connectivity index (χ1n) is 7.81. The van der Waals surface area contributed by atoms with E-state index in [0.29, 0.717) is 13.0 Å². The van der Waals surface area contributed by atoms with E-state index in [9.17, 15) is 4.79 Å². The Morgan fingerprint density at radius 3 is 2.53 bits per heavy atom. The van der Waals surface area contributed by atoms with Crippen molar-refractivity contribution in [2.75, 3.05) is 32.7 Å². The maximum Gasteiger partial charge on any atom is 0.220 e. The minimum Gasteiger partial charge on any atom is -0.356 e. The summed E-state index contributed by atoms with van der Waals surface area (Å²) in [5, 5.41) is 2.96. The topological polar surface area (TPSA) is 58.4 Å². The first-order chi connectivity index (χ1) is 9.11. The Morgan fingerprint density at radius 2 is 1.89 bits per heavy atom. The zero-order valence-corrected chi connectivity index (χ0v) is 12.7. The molecular weight excluding hydrogens is 238 g/mol. The molecule has 1 rings (SSSR count). The first-order valence-corrected chi connectivity index (χ1v) is 7.81. The Balaban J connectivity index is 2.00. The molecule has 2 unspecified atom stereocenters. The summed E-state index contributed by atoms with van der Waals surface area (Å²) in [5.41, 5.74) is 5.37. The summed E-state index contributed by atoms with van der Waals surface area (Å²) in [6, 6.07) is 0. The number of hydrogen-bond acceptors (Lipinski definition) is 3. The highest BCUT2D eigenvalue weighted by atomic mass is 16.1. The number of nitrogens with two attached hydrogens (primary N) is 1. The first kappa shape index (κ1) is 16.4. The number of piperidine rings is 1. The lowest BCUT2D eigenvalue weighted by Crippen LogP contribution is -2.39. The molecule has 4 nitrogen and oxygen atoms in total. The maximum absolute atomic E-state index is 11.4. The van der Waals surface area contributed by atoms with Crippen LogP contribution >= 0.6 is 0 Å². The normalized spacial score (nSPS) is 24.4. The summed E-state index contributed by atoms with van der Waals surface area (Å²) in [6.45, 7) is 9.76. The van der Waals surface area contributed by atoms with Crippen molar-refractivity contribution >= 4 is 5.91 Å². The van der Waals surface area contributed by atoms with Crippen LogP contribution in [0.1, 0.15) is 46.0 Å². The number of unbranched alkanes of at least 4 members (excludes halogenated alkanes) is 1. The van der Waals surface area contributed by atoms with E-state index in [4.69, 9.17) is 5.73 Å². The van der Waals surface area contributed by atoms with Gasteiger partial charge in [-0.1, -0.05) is 13.8 Å². The molecule has 1 saturated heterocycles. The summed E-state index contributed by atoms with van der Waals surface area (Å²) in [7, 11) is 0. The average Bonchev–Trinajstić information content (AvgIpc) is 2.34. The van der Waals surface area contributed by atoms with Gasteiger partial charge in [-0.25, -0.2) is 0 Å². The van der Waals surface area contributed by atoms with Crippen LogP contribution in [-0.4, -0.2) is 43.5 Å². The van der Waals surface area contributed by atoms with Crippen molar-refractivity contribution in [3.8, 4) is 0 Å². The van der Waals surface area contributed by atoms with Crippen molar-refractivity contribution in [2.24, 2.45) is 17.6 Å². The quantitative estimate of drug-likeness (QED) is 0.658. The summed E-state index contributed by atoms with van der Waals surface area (Å²) in [5.74, 6) is 1.81. The molecule has 0 aromatic heterocycles. The van der Waals surface area contributed by atoms with Gasteiger partial charge in [0.1, 0.15) is 0 Å². The molecule has 0 aromatic rings. The molecule has 1 heterocycles. The van der Waals surface area contributed by atoms with Gasteiger partial charge in [-0.15, -0.1) is 0 Å². The highest BCUT2D eigenvalue weighted by Gasteiger charge is 2.20. The molecule has 0 radical (unpaired) electrons. The standard InChI is InChI=1S/C15H31N3O/c1-13-10-14(2)12-18(11-13)9-4-3-8-17-15(19)6-5-7-16/h13-14H,3-12,16H2,1-2H3,(H,17,19). The second kappa shape index (κ2) is 9.32. The molecule has 0 bridgehead atoms. The van der Waals surface area contributed by atoms with Crippen molar-refractivity contribution < 1.29 is 4.79 Å². The molecule has 1 aliphatic rings. The van der Waals surface area contributed by atoms with Crippen molar-refractivity contribution in [1.29, 1.82) is 0 Å². The van der Waals surface area contributed by atoms with Crippen molar-refractivity contribution in [1.82, 2.24) is 10.2 Å². The van der Waals surface area contributed by atoms with Crippen LogP contribution in [0.25, 0.3) is 0 Å². The van der Waals surface area contributed by atoms with E-state index in [1.165, 1.54) is 32.5 Å². The molecule has 0 saturated carbocycles. The van der Waals surface area contributed by atoms with Gasteiger partial charge < -0.3 is 16.0 Å². The highest BCUT2D eigenvalue weighted by Crippen LogP contribution is 2.20. The molecule has 2 atom stereocenters. The minimum atomic E-state index is 0.144. The monoisotopic (exact) mass is 269 g/mol. The number of amides is 1. The Kier molecular flexibility index (Phi) is 8.07. The van der Waals surface area contributed by atoms with Crippen molar-refractivity contribution in [2.45, 2.75) is 46.0 Å². The van der Waals surface area contributed by atoms with E-state index in [2.05, 4.69) is 24.1 Å². The summed E-state index contributed by atoms with van der Waals surface area (Å²) < 4.78 is 0. The fraction of sp³-hybridized carbons (Fsp3) is 0.933. The predicted octanol–water partition coefficient (Wildman–Crippen LogP) is 1.60. The second-order valence-corrected chi connectivity index (χ2v) is 6.15. The van der Waals surface area contributed by atoms with Crippen LogP contribution in [0.3, 0.4) is 0 Å². The van der Waals surface area contributed by atoms with Crippen LogP contribution in [0.15, 0.2) is 0 Å². The SMILES string of the molecule is CC1CC(C)CN(CCCCNC(=O)CCCN)C1. The zero-order chi connectivity index (χ0) is 14.1. The fourth-order valence-corrected chi connectivity index (χ4v) is 3.01. The third-order valence-electron chi connectivity index (χ3n) is 3.78. The molecule has 0 aromatic carbocycles. The van der Waals surface area contributed by atoms with Crippen LogP contribution in [0.5, 0.6) is 0 Å². The number of carbonyl (C=O) groups is 1. The van der Waals surface area contributed by atoms with Gasteiger partial charge in [-0.3, -0.25) is 4.79 Å². The van der Waals surface area contributed by atoms with E-state index in [1.54, 1.807) is 0 Å². The van der Waals surface area contributed by atoms with E-state index in [0.717, 1.165) is 31.2 Å². The van der Waals surface area contributed by atoms with E-state index in [-0.39, 0.29) is 5.91 Å². The molecule has 19 heavy (non-hydrogen) atoms. The van der Waals surface area contributed by atoms with Crippen molar-refractivity contribution in [3.63, 3.8) is 0 Å². The van der Waals surface area contributed by atoms with Gasteiger partial charge in [0.15, 0.2) is 0 Å². The Hall–Kier alpha value is -0.610. The zero-order valence-electron chi connectivity index (χ0n) is 12.7. The van der Waals surface area contributed by atoms with Gasteiger partial charge in [-0.05, 0) is 50.6 Å². The lowest BCUT2D eigenvalue weighted by Gasteiger charge is -2.34. The number of rotatable bonds is 8. The average molecular weight is 269 g/mol. The van der Waals surface area contributed by atoms with Gasteiger partial charge in [0, 0.05) is 26.1 Å². The smallest absolute Gasteiger partial charge is 0.220 e.